The van der Waals surface area contributed by atoms with Crippen LogP contribution in [0.4, 0.5) is 0 Å². The molecular weight excluding hydrogens is 378 g/mol. The maximum absolute atomic E-state index is 12.5. The molecule has 6 nitrogen and oxygen atoms in total. The lowest BCUT2D eigenvalue weighted by Gasteiger charge is -2.36. The Kier molecular flexibility index (Phi) is 8.55. The lowest BCUT2D eigenvalue weighted by Crippen LogP contribution is -2.52. The molecule has 0 aromatic heterocycles. The standard InChI is InChI=1S/C24H37N3O3/c1-20-9-10-21(2)22(18-20)30-17-7-4-8-23(28)27-15-13-25(14-16-27)19-24(29)26-11-5-3-6-12-26/h9-10,18H,3-8,11-17,19H2,1-2H3. The number of unbranched alkanes of at least 4 members (excludes halogenated alkanes) is 1. The topological polar surface area (TPSA) is 53.1 Å². The molecule has 3 rings (SSSR count). The van der Waals surface area contributed by atoms with E-state index in [1.54, 1.807) is 0 Å². The molecule has 0 saturated carbocycles. The molecule has 0 aliphatic carbocycles. The van der Waals surface area contributed by atoms with Crippen LogP contribution in [0.15, 0.2) is 18.2 Å². The third-order valence-electron chi connectivity index (χ3n) is 6.18. The summed E-state index contributed by atoms with van der Waals surface area (Å²) in [4.78, 5) is 31.1. The number of benzene rings is 1. The number of piperidine rings is 1. The van der Waals surface area contributed by atoms with Gasteiger partial charge in [0.05, 0.1) is 13.2 Å². The van der Waals surface area contributed by atoms with Gasteiger partial charge in [0, 0.05) is 45.7 Å². The predicted molar refractivity (Wildman–Crippen MR) is 119 cm³/mol. The van der Waals surface area contributed by atoms with Gasteiger partial charge in [-0.15, -0.1) is 0 Å². The Morgan fingerprint density at radius 1 is 0.867 bits per heavy atom. The number of hydrogen-bond donors (Lipinski definition) is 0. The highest BCUT2D eigenvalue weighted by atomic mass is 16.5. The summed E-state index contributed by atoms with van der Waals surface area (Å²) in [5.74, 6) is 1.42. The van der Waals surface area contributed by atoms with Crippen molar-refractivity contribution in [2.24, 2.45) is 0 Å². The van der Waals surface area contributed by atoms with Crippen molar-refractivity contribution < 1.29 is 14.3 Å². The smallest absolute Gasteiger partial charge is 0.236 e. The van der Waals surface area contributed by atoms with Crippen LogP contribution in [0.3, 0.4) is 0 Å². The first-order valence-corrected chi connectivity index (χ1v) is 11.5. The SMILES string of the molecule is Cc1ccc(C)c(OCCCCC(=O)N2CCN(CC(=O)N3CCCCC3)CC2)c1. The quantitative estimate of drug-likeness (QED) is 0.613. The number of amides is 2. The Balaban J connectivity index is 1.28. The van der Waals surface area contributed by atoms with E-state index in [2.05, 4.69) is 36.9 Å². The monoisotopic (exact) mass is 415 g/mol. The first-order chi connectivity index (χ1) is 14.5. The second-order valence-electron chi connectivity index (χ2n) is 8.67. The van der Waals surface area contributed by atoms with Gasteiger partial charge in [0.25, 0.3) is 0 Å². The molecule has 2 aliphatic heterocycles. The summed E-state index contributed by atoms with van der Waals surface area (Å²) >= 11 is 0. The Hall–Kier alpha value is -2.08. The fourth-order valence-electron chi connectivity index (χ4n) is 4.17. The van der Waals surface area contributed by atoms with Gasteiger partial charge in [-0.2, -0.15) is 0 Å². The second kappa shape index (κ2) is 11.3. The number of likely N-dealkylation sites (tertiary alicyclic amines) is 1. The molecule has 0 unspecified atom stereocenters. The number of ether oxygens (including phenoxy) is 1. The van der Waals surface area contributed by atoms with Crippen molar-refractivity contribution >= 4 is 11.8 Å². The van der Waals surface area contributed by atoms with Crippen LogP contribution in [0.25, 0.3) is 0 Å². The third-order valence-corrected chi connectivity index (χ3v) is 6.18. The van der Waals surface area contributed by atoms with E-state index >= 15 is 0 Å². The first kappa shape index (κ1) is 22.6. The molecule has 2 fully saturated rings. The zero-order chi connectivity index (χ0) is 21.3. The van der Waals surface area contributed by atoms with Gasteiger partial charge in [-0.1, -0.05) is 12.1 Å². The molecule has 0 bridgehead atoms. The maximum Gasteiger partial charge on any atom is 0.236 e. The molecule has 0 spiro atoms. The zero-order valence-electron chi connectivity index (χ0n) is 18.7. The van der Waals surface area contributed by atoms with Crippen LogP contribution in [0.2, 0.25) is 0 Å². The molecule has 1 aromatic carbocycles. The Morgan fingerprint density at radius 2 is 1.57 bits per heavy atom. The van der Waals surface area contributed by atoms with Gasteiger partial charge < -0.3 is 14.5 Å². The average molecular weight is 416 g/mol. The van der Waals surface area contributed by atoms with Crippen LogP contribution in [-0.2, 0) is 9.59 Å². The van der Waals surface area contributed by atoms with Crippen LogP contribution in [0.1, 0.15) is 49.7 Å². The molecule has 6 heteroatoms. The van der Waals surface area contributed by atoms with Gasteiger partial charge in [0.2, 0.25) is 11.8 Å². The zero-order valence-corrected chi connectivity index (χ0v) is 18.7. The normalized spacial score (nSPS) is 17.8. The van der Waals surface area contributed by atoms with Crippen molar-refractivity contribution in [3.63, 3.8) is 0 Å². The van der Waals surface area contributed by atoms with E-state index in [0.29, 0.717) is 19.6 Å². The number of carbonyl (C=O) groups excluding carboxylic acids is 2. The minimum Gasteiger partial charge on any atom is -0.493 e. The molecule has 1 aromatic rings. The maximum atomic E-state index is 12.5. The lowest BCUT2D eigenvalue weighted by atomic mass is 10.1. The molecule has 0 N–H and O–H groups in total. The van der Waals surface area contributed by atoms with Crippen molar-refractivity contribution in [1.29, 1.82) is 0 Å². The Labute approximate surface area is 181 Å². The van der Waals surface area contributed by atoms with E-state index in [9.17, 15) is 9.59 Å². The van der Waals surface area contributed by atoms with Crippen LogP contribution in [-0.4, -0.2) is 78.9 Å². The minimum atomic E-state index is 0.226. The van der Waals surface area contributed by atoms with Crippen molar-refractivity contribution in [1.82, 2.24) is 14.7 Å². The number of piperazine rings is 1. The molecular formula is C24H37N3O3. The summed E-state index contributed by atoms with van der Waals surface area (Å²) in [6.07, 6.45) is 5.79. The molecule has 2 heterocycles. The van der Waals surface area contributed by atoms with Crippen LogP contribution in [0.5, 0.6) is 5.75 Å². The summed E-state index contributed by atoms with van der Waals surface area (Å²) in [6, 6.07) is 6.23. The van der Waals surface area contributed by atoms with Crippen LogP contribution in [0, 0.1) is 13.8 Å². The summed E-state index contributed by atoms with van der Waals surface area (Å²) in [5.41, 5.74) is 2.34. The molecule has 2 aliphatic rings. The minimum absolute atomic E-state index is 0.226. The van der Waals surface area contributed by atoms with Gasteiger partial charge in [-0.25, -0.2) is 0 Å². The van der Waals surface area contributed by atoms with E-state index in [1.165, 1.54) is 12.0 Å². The summed E-state index contributed by atoms with van der Waals surface area (Å²) in [6.45, 7) is 10.1. The Morgan fingerprint density at radius 3 is 2.30 bits per heavy atom. The van der Waals surface area contributed by atoms with E-state index in [1.807, 2.05) is 9.80 Å². The second-order valence-corrected chi connectivity index (χ2v) is 8.67. The number of hydrogen-bond acceptors (Lipinski definition) is 4. The van der Waals surface area contributed by atoms with Gasteiger partial charge in [-0.3, -0.25) is 14.5 Å². The summed E-state index contributed by atoms with van der Waals surface area (Å²) < 4.78 is 5.88. The van der Waals surface area contributed by atoms with Crippen LogP contribution < -0.4 is 4.74 Å². The predicted octanol–water partition coefficient (Wildman–Crippen LogP) is 3.01. The molecule has 166 valence electrons. The van der Waals surface area contributed by atoms with Crippen molar-refractivity contribution in [3.8, 4) is 5.75 Å². The fourth-order valence-corrected chi connectivity index (χ4v) is 4.17. The molecule has 30 heavy (non-hydrogen) atoms. The van der Waals surface area contributed by atoms with E-state index in [4.69, 9.17) is 4.74 Å². The van der Waals surface area contributed by atoms with Crippen molar-refractivity contribution in [2.75, 3.05) is 52.4 Å². The average Bonchev–Trinajstić information content (AvgIpc) is 2.76. The highest BCUT2D eigenvalue weighted by Crippen LogP contribution is 2.19. The highest BCUT2D eigenvalue weighted by Gasteiger charge is 2.24. The van der Waals surface area contributed by atoms with Gasteiger partial charge in [0.15, 0.2) is 0 Å². The fraction of sp³-hybridized carbons (Fsp3) is 0.667. The Bertz CT molecular complexity index is 708. The van der Waals surface area contributed by atoms with E-state index in [0.717, 1.165) is 76.3 Å². The van der Waals surface area contributed by atoms with Crippen molar-refractivity contribution in [2.45, 2.75) is 52.4 Å². The number of rotatable bonds is 8. The molecule has 0 atom stereocenters. The van der Waals surface area contributed by atoms with Gasteiger partial charge in [0.1, 0.15) is 5.75 Å². The number of aryl methyl sites for hydroxylation is 2. The van der Waals surface area contributed by atoms with Gasteiger partial charge in [-0.05, 0) is 63.1 Å². The van der Waals surface area contributed by atoms with Crippen molar-refractivity contribution in [3.05, 3.63) is 29.3 Å². The number of nitrogens with zero attached hydrogens (tertiary/aromatic N) is 3. The first-order valence-electron chi connectivity index (χ1n) is 11.5. The van der Waals surface area contributed by atoms with Crippen LogP contribution >= 0.6 is 0 Å². The summed E-state index contributed by atoms with van der Waals surface area (Å²) in [5, 5.41) is 0. The third kappa shape index (κ3) is 6.73. The molecule has 2 saturated heterocycles. The number of carbonyl (C=O) groups is 2. The molecule has 2 amide bonds. The summed E-state index contributed by atoms with van der Waals surface area (Å²) in [7, 11) is 0. The lowest BCUT2D eigenvalue weighted by molar-refractivity contribution is -0.135. The van der Waals surface area contributed by atoms with E-state index < -0.39 is 0 Å². The largest absolute Gasteiger partial charge is 0.493 e. The van der Waals surface area contributed by atoms with Gasteiger partial charge >= 0.3 is 0 Å². The molecule has 0 radical (unpaired) electrons. The highest BCUT2D eigenvalue weighted by molar-refractivity contribution is 5.78. The van der Waals surface area contributed by atoms with E-state index in [-0.39, 0.29) is 11.8 Å².